The number of anilines is 2. The highest BCUT2D eigenvalue weighted by atomic mass is 16.2. The minimum absolute atomic E-state index is 0.0135. The van der Waals surface area contributed by atoms with Gasteiger partial charge in [-0.15, -0.1) is 0 Å². The number of likely N-dealkylation sites (tertiary alicyclic amines) is 1. The summed E-state index contributed by atoms with van der Waals surface area (Å²) in [6.45, 7) is 9.73. The Balaban J connectivity index is 1.47. The normalized spacial score (nSPS) is 19.1. The Morgan fingerprint density at radius 2 is 1.61 bits per heavy atom. The molecule has 1 aromatic rings. The van der Waals surface area contributed by atoms with E-state index in [0.717, 1.165) is 44.7 Å². The van der Waals surface area contributed by atoms with Gasteiger partial charge in [0.2, 0.25) is 11.8 Å². The quantitative estimate of drug-likeness (QED) is 0.845. The first-order valence-corrected chi connectivity index (χ1v) is 10.5. The molecule has 0 atom stereocenters. The zero-order valence-electron chi connectivity index (χ0n) is 17.5. The van der Waals surface area contributed by atoms with E-state index in [-0.39, 0.29) is 17.7 Å². The van der Waals surface area contributed by atoms with Crippen molar-refractivity contribution in [1.82, 2.24) is 9.80 Å². The van der Waals surface area contributed by atoms with Gasteiger partial charge >= 0.3 is 0 Å². The van der Waals surface area contributed by atoms with Crippen LogP contribution in [0.1, 0.15) is 33.1 Å². The lowest BCUT2D eigenvalue weighted by Crippen LogP contribution is -2.44. The van der Waals surface area contributed by atoms with Crippen LogP contribution in [0.15, 0.2) is 24.3 Å². The number of piperazine rings is 1. The second-order valence-corrected chi connectivity index (χ2v) is 8.58. The van der Waals surface area contributed by atoms with Gasteiger partial charge in [-0.1, -0.05) is 13.8 Å². The van der Waals surface area contributed by atoms with E-state index in [9.17, 15) is 9.59 Å². The average molecular weight is 387 g/mol. The first-order valence-electron chi connectivity index (χ1n) is 10.5. The smallest absolute Gasteiger partial charge is 0.227 e. The standard InChI is InChI=1S/C22H34N4O2/c1-17(2)16-21(27)26-10-8-18(9-11-26)22(28)23-19-4-6-20(7-5-19)25-14-12-24(3)13-15-25/h4-7,17-18H,8-16H2,1-3H3,(H,23,28). The van der Waals surface area contributed by atoms with Gasteiger partial charge in [-0.3, -0.25) is 9.59 Å². The van der Waals surface area contributed by atoms with Crippen LogP contribution >= 0.6 is 0 Å². The Kier molecular flexibility index (Phi) is 6.94. The van der Waals surface area contributed by atoms with Crippen molar-refractivity contribution >= 4 is 23.2 Å². The number of hydrogen-bond donors (Lipinski definition) is 1. The molecule has 1 aromatic carbocycles. The fourth-order valence-corrected chi connectivity index (χ4v) is 3.93. The third kappa shape index (κ3) is 5.47. The summed E-state index contributed by atoms with van der Waals surface area (Å²) in [4.78, 5) is 31.4. The van der Waals surface area contributed by atoms with E-state index in [1.807, 2.05) is 17.0 Å². The van der Waals surface area contributed by atoms with Crippen molar-refractivity contribution in [3.63, 3.8) is 0 Å². The summed E-state index contributed by atoms with van der Waals surface area (Å²) in [5.41, 5.74) is 2.06. The van der Waals surface area contributed by atoms with E-state index in [1.54, 1.807) is 0 Å². The molecule has 0 bridgehead atoms. The molecule has 2 aliphatic rings. The van der Waals surface area contributed by atoms with Crippen LogP contribution in [0.2, 0.25) is 0 Å². The molecule has 28 heavy (non-hydrogen) atoms. The second-order valence-electron chi connectivity index (χ2n) is 8.58. The molecule has 0 aromatic heterocycles. The van der Waals surface area contributed by atoms with E-state index < -0.39 is 0 Å². The Bertz CT molecular complexity index is 658. The van der Waals surface area contributed by atoms with Crippen LogP contribution in [0.4, 0.5) is 11.4 Å². The molecule has 2 heterocycles. The molecular formula is C22H34N4O2. The molecule has 154 valence electrons. The zero-order valence-corrected chi connectivity index (χ0v) is 17.5. The number of piperidine rings is 1. The summed E-state index contributed by atoms with van der Waals surface area (Å²) >= 11 is 0. The minimum atomic E-state index is -0.0135. The van der Waals surface area contributed by atoms with Gasteiger partial charge < -0.3 is 20.0 Å². The van der Waals surface area contributed by atoms with Crippen LogP contribution in [-0.4, -0.2) is 67.9 Å². The number of likely N-dealkylation sites (N-methyl/N-ethyl adjacent to an activating group) is 1. The number of rotatable bonds is 5. The molecule has 0 radical (unpaired) electrons. The first-order chi connectivity index (χ1) is 13.4. The van der Waals surface area contributed by atoms with E-state index in [0.29, 0.717) is 25.4 Å². The molecule has 6 heteroatoms. The molecule has 2 aliphatic heterocycles. The third-order valence-corrected chi connectivity index (χ3v) is 5.80. The molecule has 2 saturated heterocycles. The molecule has 1 N–H and O–H groups in total. The molecule has 0 saturated carbocycles. The molecule has 0 aliphatic carbocycles. The van der Waals surface area contributed by atoms with Gasteiger partial charge in [0.05, 0.1) is 0 Å². The lowest BCUT2D eigenvalue weighted by atomic mass is 9.95. The largest absolute Gasteiger partial charge is 0.369 e. The summed E-state index contributed by atoms with van der Waals surface area (Å²) in [6.07, 6.45) is 2.08. The topological polar surface area (TPSA) is 55.9 Å². The van der Waals surface area contributed by atoms with Crippen LogP contribution in [0, 0.1) is 11.8 Å². The number of carbonyl (C=O) groups excluding carboxylic acids is 2. The van der Waals surface area contributed by atoms with Crippen LogP contribution in [0.5, 0.6) is 0 Å². The number of hydrogen-bond acceptors (Lipinski definition) is 4. The highest BCUT2D eigenvalue weighted by Gasteiger charge is 2.27. The lowest BCUT2D eigenvalue weighted by molar-refractivity contribution is -0.135. The van der Waals surface area contributed by atoms with Crippen molar-refractivity contribution in [1.29, 1.82) is 0 Å². The van der Waals surface area contributed by atoms with Crippen LogP contribution in [0.25, 0.3) is 0 Å². The van der Waals surface area contributed by atoms with Crippen molar-refractivity contribution in [2.45, 2.75) is 33.1 Å². The fraction of sp³-hybridized carbons (Fsp3) is 0.636. The van der Waals surface area contributed by atoms with Crippen molar-refractivity contribution in [3.8, 4) is 0 Å². The number of nitrogens with one attached hydrogen (secondary N) is 1. The van der Waals surface area contributed by atoms with Crippen molar-refractivity contribution in [2.75, 3.05) is 56.5 Å². The maximum atomic E-state index is 12.6. The summed E-state index contributed by atoms with van der Waals surface area (Å²) < 4.78 is 0. The molecule has 0 unspecified atom stereocenters. The predicted molar refractivity (Wildman–Crippen MR) is 114 cm³/mol. The van der Waals surface area contributed by atoms with Crippen LogP contribution in [0.3, 0.4) is 0 Å². The minimum Gasteiger partial charge on any atom is -0.369 e. The van der Waals surface area contributed by atoms with E-state index in [4.69, 9.17) is 0 Å². The Morgan fingerprint density at radius 3 is 2.18 bits per heavy atom. The highest BCUT2D eigenvalue weighted by molar-refractivity contribution is 5.93. The summed E-state index contributed by atoms with van der Waals surface area (Å²) in [5, 5.41) is 3.06. The average Bonchev–Trinajstić information content (AvgIpc) is 2.69. The maximum absolute atomic E-state index is 12.6. The second kappa shape index (κ2) is 9.41. The molecule has 2 amide bonds. The van der Waals surface area contributed by atoms with E-state index in [2.05, 4.69) is 48.1 Å². The highest BCUT2D eigenvalue weighted by Crippen LogP contribution is 2.23. The SMILES string of the molecule is CC(C)CC(=O)N1CCC(C(=O)Nc2ccc(N3CCN(C)CC3)cc2)CC1. The molecule has 6 nitrogen and oxygen atoms in total. The van der Waals surface area contributed by atoms with Gasteiger partial charge in [0, 0.05) is 63.0 Å². The van der Waals surface area contributed by atoms with Gasteiger partial charge in [0.1, 0.15) is 0 Å². The number of carbonyl (C=O) groups is 2. The summed E-state index contributed by atoms with van der Waals surface area (Å²) in [6, 6.07) is 8.17. The Labute approximate surface area is 168 Å². The Morgan fingerprint density at radius 1 is 1.00 bits per heavy atom. The van der Waals surface area contributed by atoms with Gasteiger partial charge in [0.25, 0.3) is 0 Å². The zero-order chi connectivity index (χ0) is 20.1. The predicted octanol–water partition coefficient (Wildman–Crippen LogP) is 2.66. The Hall–Kier alpha value is -2.08. The van der Waals surface area contributed by atoms with Crippen LogP contribution < -0.4 is 10.2 Å². The monoisotopic (exact) mass is 386 g/mol. The van der Waals surface area contributed by atoms with Crippen molar-refractivity contribution in [3.05, 3.63) is 24.3 Å². The number of benzene rings is 1. The third-order valence-electron chi connectivity index (χ3n) is 5.80. The fourth-order valence-electron chi connectivity index (χ4n) is 3.93. The van der Waals surface area contributed by atoms with E-state index in [1.165, 1.54) is 5.69 Å². The summed E-state index contributed by atoms with van der Waals surface area (Å²) in [5.74, 6) is 0.652. The number of nitrogens with zero attached hydrogens (tertiary/aromatic N) is 3. The van der Waals surface area contributed by atoms with Gasteiger partial charge in [-0.25, -0.2) is 0 Å². The number of amides is 2. The van der Waals surface area contributed by atoms with Gasteiger partial charge in [0.15, 0.2) is 0 Å². The summed E-state index contributed by atoms with van der Waals surface area (Å²) in [7, 11) is 2.15. The maximum Gasteiger partial charge on any atom is 0.227 e. The molecule has 2 fully saturated rings. The lowest BCUT2D eigenvalue weighted by Gasteiger charge is -2.34. The molecule has 3 rings (SSSR count). The molecule has 0 spiro atoms. The van der Waals surface area contributed by atoms with Gasteiger partial charge in [-0.05, 0) is 50.1 Å². The van der Waals surface area contributed by atoms with Crippen molar-refractivity contribution < 1.29 is 9.59 Å². The van der Waals surface area contributed by atoms with Gasteiger partial charge in [-0.2, -0.15) is 0 Å². The molecular weight excluding hydrogens is 352 g/mol. The van der Waals surface area contributed by atoms with Crippen molar-refractivity contribution in [2.24, 2.45) is 11.8 Å². The van der Waals surface area contributed by atoms with Crippen LogP contribution in [-0.2, 0) is 9.59 Å². The van der Waals surface area contributed by atoms with E-state index >= 15 is 0 Å². The first kappa shape index (κ1) is 20.6.